The third-order valence-electron chi connectivity index (χ3n) is 5.49. The van der Waals surface area contributed by atoms with Gasteiger partial charge < -0.3 is 11.5 Å². The molecule has 2 bridgehead atoms. The van der Waals surface area contributed by atoms with Crippen LogP contribution in [0.15, 0.2) is 12.1 Å². The summed E-state index contributed by atoms with van der Waals surface area (Å²) in [4.78, 5) is 12.8. The second kappa shape index (κ2) is 7.40. The number of hydrogen-bond donors (Lipinski definition) is 2. The molecule has 0 aromatic heterocycles. The first-order valence-corrected chi connectivity index (χ1v) is 10.4. The summed E-state index contributed by atoms with van der Waals surface area (Å²) in [5.74, 6) is -5.13. The minimum Gasteiger partial charge on any atom is -0.369 e. The van der Waals surface area contributed by atoms with Crippen molar-refractivity contribution in [2.75, 3.05) is 18.8 Å². The average molecular weight is 405 g/mol. The van der Waals surface area contributed by atoms with Crippen LogP contribution in [0.4, 0.5) is 13.2 Å². The van der Waals surface area contributed by atoms with E-state index in [0.717, 1.165) is 6.07 Å². The molecule has 0 spiro atoms. The summed E-state index contributed by atoms with van der Waals surface area (Å²) in [5.41, 5.74) is 11.2. The lowest BCUT2D eigenvalue weighted by Crippen LogP contribution is -2.52. The first-order valence-electron chi connectivity index (χ1n) is 8.71. The van der Waals surface area contributed by atoms with Gasteiger partial charge in [0.25, 0.3) is 0 Å². The first-order chi connectivity index (χ1) is 12.6. The van der Waals surface area contributed by atoms with Crippen LogP contribution in [0, 0.1) is 29.3 Å². The van der Waals surface area contributed by atoms with Gasteiger partial charge in [-0.2, -0.15) is 0 Å². The Hall–Kier alpha value is -1.65. The van der Waals surface area contributed by atoms with Crippen LogP contribution in [0.25, 0.3) is 0 Å². The quantitative estimate of drug-likeness (QED) is 0.672. The molecule has 0 radical (unpaired) electrons. The second-order valence-corrected chi connectivity index (χ2v) is 9.53. The molecule has 10 heteroatoms. The number of primary amides is 1. The number of nitrogens with two attached hydrogens (primary N) is 2. The second-order valence-electron chi connectivity index (χ2n) is 7.43. The number of carbonyl (C=O) groups is 1. The Morgan fingerprint density at radius 2 is 1.89 bits per heavy atom. The lowest BCUT2D eigenvalue weighted by Gasteiger charge is -2.39. The van der Waals surface area contributed by atoms with E-state index in [1.165, 1.54) is 0 Å². The molecule has 6 nitrogen and oxygen atoms in total. The van der Waals surface area contributed by atoms with E-state index in [0.29, 0.717) is 32.0 Å². The Balaban J connectivity index is 1.71. The molecule has 0 aliphatic carbocycles. The first kappa shape index (κ1) is 20.1. The predicted molar refractivity (Wildman–Crippen MR) is 92.6 cm³/mol. The van der Waals surface area contributed by atoms with Crippen molar-refractivity contribution in [3.8, 4) is 0 Å². The smallest absolute Gasteiger partial charge is 0.232 e. The van der Waals surface area contributed by atoms with E-state index < -0.39 is 50.4 Å². The third kappa shape index (κ3) is 4.12. The molecule has 2 heterocycles. The van der Waals surface area contributed by atoms with Crippen molar-refractivity contribution >= 4 is 15.7 Å². The summed E-state index contributed by atoms with van der Waals surface area (Å²) in [5, 5.41) is -0.756. The molecule has 2 aliphatic heterocycles. The van der Waals surface area contributed by atoms with Crippen molar-refractivity contribution in [1.29, 1.82) is 0 Å². The normalized spacial score (nSPS) is 28.9. The molecule has 2 aliphatic rings. The van der Waals surface area contributed by atoms with Gasteiger partial charge in [-0.1, -0.05) is 0 Å². The minimum absolute atomic E-state index is 0.00720. The fourth-order valence-electron chi connectivity index (χ4n) is 4.35. The van der Waals surface area contributed by atoms with E-state index in [9.17, 15) is 26.4 Å². The highest BCUT2D eigenvalue weighted by molar-refractivity contribution is 7.92. The van der Waals surface area contributed by atoms with Crippen molar-refractivity contribution in [3.63, 3.8) is 0 Å². The number of piperidine rings is 1. The zero-order valence-electron chi connectivity index (χ0n) is 14.6. The van der Waals surface area contributed by atoms with E-state index >= 15 is 0 Å². The standard InChI is InChI=1S/C17H22F3N3O3S/c18-12-6-14(20)13(19)4-10(12)5-15(21)11-3-9-1-2-23(7-11)17(9)27(25,26)8-16(22)24/h4,6,9,11,15,17H,1-3,5,7-8,21H2,(H2,22,24)/t9?,11?,15-,17?/m1/s1. The Bertz CT molecular complexity index is 835. The van der Waals surface area contributed by atoms with Gasteiger partial charge in [-0.25, -0.2) is 21.6 Å². The summed E-state index contributed by atoms with van der Waals surface area (Å²) in [6.45, 7) is 0.946. The van der Waals surface area contributed by atoms with Crippen LogP contribution in [-0.2, 0) is 21.1 Å². The zero-order valence-corrected chi connectivity index (χ0v) is 15.4. The zero-order chi connectivity index (χ0) is 19.9. The molecular formula is C17H22F3N3O3S. The van der Waals surface area contributed by atoms with E-state index in [2.05, 4.69) is 0 Å². The molecule has 2 saturated heterocycles. The van der Waals surface area contributed by atoms with Crippen LogP contribution in [0.3, 0.4) is 0 Å². The molecule has 5 atom stereocenters. The number of amides is 1. The van der Waals surface area contributed by atoms with Crippen LogP contribution in [0.5, 0.6) is 0 Å². The molecule has 1 aromatic carbocycles. The molecule has 3 rings (SSSR count). The van der Waals surface area contributed by atoms with Gasteiger partial charge in [0.15, 0.2) is 21.5 Å². The van der Waals surface area contributed by atoms with E-state index in [-0.39, 0.29) is 23.8 Å². The van der Waals surface area contributed by atoms with Gasteiger partial charge in [-0.3, -0.25) is 9.69 Å². The molecule has 4 N–H and O–H groups in total. The van der Waals surface area contributed by atoms with Crippen molar-refractivity contribution in [3.05, 3.63) is 35.1 Å². The molecule has 1 amide bonds. The van der Waals surface area contributed by atoms with Crippen LogP contribution >= 0.6 is 0 Å². The van der Waals surface area contributed by atoms with E-state index in [4.69, 9.17) is 11.5 Å². The third-order valence-corrected chi connectivity index (χ3v) is 7.59. The highest BCUT2D eigenvalue weighted by atomic mass is 32.2. The summed E-state index contributed by atoms with van der Waals surface area (Å²) in [6, 6.07) is 0.771. The number of sulfone groups is 1. The Morgan fingerprint density at radius 1 is 1.22 bits per heavy atom. The maximum absolute atomic E-state index is 13.9. The molecule has 1 aromatic rings. The van der Waals surface area contributed by atoms with Gasteiger partial charge in [-0.05, 0) is 49.3 Å². The molecule has 27 heavy (non-hydrogen) atoms. The van der Waals surface area contributed by atoms with Crippen molar-refractivity contribution in [2.45, 2.75) is 30.7 Å². The summed E-state index contributed by atoms with van der Waals surface area (Å²) in [6.07, 6.45) is 1.18. The molecule has 150 valence electrons. The van der Waals surface area contributed by atoms with Gasteiger partial charge in [0.1, 0.15) is 16.9 Å². The Labute approximate surface area is 155 Å². The van der Waals surface area contributed by atoms with Gasteiger partial charge in [0.2, 0.25) is 5.91 Å². The number of fused-ring (bicyclic) bond motifs is 2. The minimum atomic E-state index is -3.68. The average Bonchev–Trinajstić information content (AvgIpc) is 2.83. The molecule has 2 fully saturated rings. The Kier molecular flexibility index (Phi) is 5.51. The maximum Gasteiger partial charge on any atom is 0.232 e. The number of hydrogen-bond acceptors (Lipinski definition) is 5. The summed E-state index contributed by atoms with van der Waals surface area (Å²) in [7, 11) is -3.68. The predicted octanol–water partition coefficient (Wildman–Crippen LogP) is 0.542. The molecule has 4 unspecified atom stereocenters. The fraction of sp³-hybridized carbons (Fsp3) is 0.588. The number of nitrogens with zero attached hydrogens (tertiary/aromatic N) is 1. The largest absolute Gasteiger partial charge is 0.369 e. The van der Waals surface area contributed by atoms with Crippen molar-refractivity contribution < 1.29 is 26.4 Å². The fourth-order valence-corrected chi connectivity index (χ4v) is 6.40. The highest BCUT2D eigenvalue weighted by Gasteiger charge is 2.48. The monoisotopic (exact) mass is 405 g/mol. The van der Waals surface area contributed by atoms with Crippen LogP contribution in [-0.4, -0.2) is 49.5 Å². The SMILES string of the molecule is NC(=O)CS(=O)(=O)C1C2CCN1CC([C@H](N)Cc1cc(F)c(F)cc1F)C2. The lowest BCUT2D eigenvalue weighted by molar-refractivity contribution is -0.115. The number of halogens is 3. The molecule has 0 saturated carbocycles. The van der Waals surface area contributed by atoms with Crippen molar-refractivity contribution in [1.82, 2.24) is 4.90 Å². The van der Waals surface area contributed by atoms with Gasteiger partial charge in [-0.15, -0.1) is 0 Å². The molecular weight excluding hydrogens is 383 g/mol. The summed E-state index contributed by atoms with van der Waals surface area (Å²) < 4.78 is 65.2. The highest BCUT2D eigenvalue weighted by Crippen LogP contribution is 2.40. The van der Waals surface area contributed by atoms with Crippen LogP contribution in [0.2, 0.25) is 0 Å². The van der Waals surface area contributed by atoms with Gasteiger partial charge >= 0.3 is 0 Å². The maximum atomic E-state index is 13.9. The van der Waals surface area contributed by atoms with Crippen LogP contribution in [0.1, 0.15) is 18.4 Å². The van der Waals surface area contributed by atoms with Crippen molar-refractivity contribution in [2.24, 2.45) is 23.3 Å². The lowest BCUT2D eigenvalue weighted by atomic mass is 9.84. The number of carbonyl (C=O) groups excluding carboxylic acids is 1. The topological polar surface area (TPSA) is 106 Å². The van der Waals surface area contributed by atoms with Gasteiger partial charge in [0.05, 0.1) is 0 Å². The number of benzene rings is 1. The summed E-state index contributed by atoms with van der Waals surface area (Å²) >= 11 is 0. The number of rotatable bonds is 6. The van der Waals surface area contributed by atoms with E-state index in [1.807, 2.05) is 0 Å². The van der Waals surface area contributed by atoms with E-state index in [1.54, 1.807) is 4.90 Å². The Morgan fingerprint density at radius 3 is 2.52 bits per heavy atom. The van der Waals surface area contributed by atoms with Gasteiger partial charge in [0, 0.05) is 18.7 Å². The van der Waals surface area contributed by atoms with Crippen LogP contribution < -0.4 is 11.5 Å².